The number of methoxy groups -OCH3 is 1. The van der Waals surface area contributed by atoms with Crippen LogP contribution in [-0.2, 0) is 16.1 Å². The SMILES string of the molecule is COc1ccc(CN2c3cc(Nc4ccc(C(=O)NCC5COC5)cc4)ccc3N(C)C(=O)C2C)cc1. The summed E-state index contributed by atoms with van der Waals surface area (Å²) in [6.45, 7) is 4.59. The first-order valence-corrected chi connectivity index (χ1v) is 12.5. The molecule has 8 nitrogen and oxygen atoms in total. The summed E-state index contributed by atoms with van der Waals surface area (Å²) >= 11 is 0. The number of nitrogens with zero attached hydrogens (tertiary/aromatic N) is 2. The Morgan fingerprint density at radius 2 is 1.70 bits per heavy atom. The van der Waals surface area contributed by atoms with E-state index in [-0.39, 0.29) is 17.9 Å². The molecule has 2 amide bonds. The van der Waals surface area contributed by atoms with Gasteiger partial charge in [0.25, 0.3) is 5.91 Å². The number of fused-ring (bicyclic) bond motifs is 1. The lowest BCUT2D eigenvalue weighted by Gasteiger charge is -2.40. The minimum atomic E-state index is -0.306. The van der Waals surface area contributed by atoms with Crippen molar-refractivity contribution in [1.82, 2.24) is 5.32 Å². The summed E-state index contributed by atoms with van der Waals surface area (Å²) in [7, 11) is 3.46. The van der Waals surface area contributed by atoms with Gasteiger partial charge in [0.15, 0.2) is 0 Å². The molecule has 37 heavy (non-hydrogen) atoms. The van der Waals surface area contributed by atoms with Gasteiger partial charge in [-0.1, -0.05) is 12.1 Å². The molecule has 0 spiro atoms. The molecule has 2 N–H and O–H groups in total. The highest BCUT2D eigenvalue weighted by molar-refractivity contribution is 6.05. The highest BCUT2D eigenvalue weighted by Crippen LogP contribution is 2.39. The Labute approximate surface area is 217 Å². The van der Waals surface area contributed by atoms with E-state index in [1.165, 1.54) is 0 Å². The molecule has 192 valence electrons. The Bertz CT molecular complexity index is 1270. The first-order valence-electron chi connectivity index (χ1n) is 12.5. The summed E-state index contributed by atoms with van der Waals surface area (Å²) in [5, 5.41) is 6.40. The van der Waals surface area contributed by atoms with Crippen molar-refractivity contribution in [3.8, 4) is 5.75 Å². The molecule has 1 saturated heterocycles. The zero-order valence-electron chi connectivity index (χ0n) is 21.4. The summed E-state index contributed by atoms with van der Waals surface area (Å²) < 4.78 is 10.4. The van der Waals surface area contributed by atoms with E-state index in [0.29, 0.717) is 37.8 Å². The van der Waals surface area contributed by atoms with Gasteiger partial charge in [-0.3, -0.25) is 9.59 Å². The molecule has 0 aliphatic carbocycles. The summed E-state index contributed by atoms with van der Waals surface area (Å²) in [5.41, 5.74) is 5.33. The van der Waals surface area contributed by atoms with Gasteiger partial charge in [0, 0.05) is 43.0 Å². The molecule has 5 rings (SSSR count). The quantitative estimate of drug-likeness (QED) is 0.483. The maximum absolute atomic E-state index is 13.0. The van der Waals surface area contributed by atoms with Gasteiger partial charge in [-0.05, 0) is 67.1 Å². The molecule has 2 heterocycles. The summed E-state index contributed by atoms with van der Waals surface area (Å²) in [6.07, 6.45) is 0. The minimum absolute atomic E-state index is 0.0559. The topological polar surface area (TPSA) is 83.1 Å². The Hall–Kier alpha value is -4.04. The van der Waals surface area contributed by atoms with Crippen molar-refractivity contribution in [1.29, 1.82) is 0 Å². The number of anilines is 4. The molecule has 8 heteroatoms. The van der Waals surface area contributed by atoms with E-state index in [1.54, 1.807) is 12.0 Å². The smallest absolute Gasteiger partial charge is 0.251 e. The number of carbonyl (C=O) groups is 2. The first kappa shape index (κ1) is 24.6. The zero-order valence-corrected chi connectivity index (χ0v) is 21.4. The van der Waals surface area contributed by atoms with Gasteiger partial charge < -0.3 is 29.9 Å². The van der Waals surface area contributed by atoms with Crippen LogP contribution in [0.15, 0.2) is 66.7 Å². The number of hydrogen-bond acceptors (Lipinski definition) is 6. The van der Waals surface area contributed by atoms with Crippen LogP contribution < -0.4 is 25.2 Å². The van der Waals surface area contributed by atoms with E-state index < -0.39 is 0 Å². The van der Waals surface area contributed by atoms with Gasteiger partial charge >= 0.3 is 0 Å². The van der Waals surface area contributed by atoms with Gasteiger partial charge in [0.05, 0.1) is 31.7 Å². The molecule has 3 aromatic carbocycles. The number of ether oxygens (including phenoxy) is 2. The lowest BCUT2D eigenvalue weighted by atomic mass is 10.0. The lowest BCUT2D eigenvalue weighted by Crippen LogP contribution is -2.50. The Morgan fingerprint density at radius 3 is 2.35 bits per heavy atom. The van der Waals surface area contributed by atoms with Crippen LogP contribution in [-0.4, -0.2) is 51.8 Å². The van der Waals surface area contributed by atoms with E-state index in [0.717, 1.165) is 34.1 Å². The van der Waals surface area contributed by atoms with Crippen LogP contribution in [0.4, 0.5) is 22.7 Å². The van der Waals surface area contributed by atoms with Crippen LogP contribution in [0.3, 0.4) is 0 Å². The number of carbonyl (C=O) groups excluding carboxylic acids is 2. The number of hydrogen-bond donors (Lipinski definition) is 2. The Morgan fingerprint density at radius 1 is 1.00 bits per heavy atom. The van der Waals surface area contributed by atoms with Crippen LogP contribution in [0.2, 0.25) is 0 Å². The molecule has 0 saturated carbocycles. The number of benzene rings is 3. The summed E-state index contributed by atoms with van der Waals surface area (Å²) in [6, 6.07) is 21.0. The van der Waals surface area contributed by atoms with E-state index >= 15 is 0 Å². The molecule has 0 radical (unpaired) electrons. The van der Waals surface area contributed by atoms with Crippen molar-refractivity contribution in [2.75, 3.05) is 49.0 Å². The molecule has 1 unspecified atom stereocenters. The molecule has 0 bridgehead atoms. The van der Waals surface area contributed by atoms with Gasteiger partial charge in [0.2, 0.25) is 5.91 Å². The largest absolute Gasteiger partial charge is 0.497 e. The lowest BCUT2D eigenvalue weighted by molar-refractivity contribution is -0.119. The van der Waals surface area contributed by atoms with Crippen LogP contribution >= 0.6 is 0 Å². The molecule has 2 aliphatic heterocycles. The number of likely N-dealkylation sites (N-methyl/N-ethyl adjacent to an activating group) is 1. The van der Waals surface area contributed by atoms with E-state index in [9.17, 15) is 9.59 Å². The third-order valence-corrected chi connectivity index (χ3v) is 7.01. The van der Waals surface area contributed by atoms with Gasteiger partial charge in [-0.25, -0.2) is 0 Å². The fourth-order valence-electron chi connectivity index (χ4n) is 4.62. The number of nitrogens with one attached hydrogen (secondary N) is 2. The van der Waals surface area contributed by atoms with Crippen LogP contribution in [0.5, 0.6) is 5.75 Å². The van der Waals surface area contributed by atoms with Crippen molar-refractivity contribution in [2.24, 2.45) is 5.92 Å². The highest BCUT2D eigenvalue weighted by atomic mass is 16.5. The van der Waals surface area contributed by atoms with Crippen molar-refractivity contribution >= 4 is 34.6 Å². The standard InChI is InChI=1S/C29H32N4O4/c1-19-29(35)32(2)26-13-10-24(14-27(26)33(19)16-20-4-11-25(36-3)12-5-20)31-23-8-6-22(7-9-23)28(34)30-15-21-17-37-18-21/h4-14,19,21,31H,15-18H2,1-3H3,(H,30,34). The maximum atomic E-state index is 13.0. The summed E-state index contributed by atoms with van der Waals surface area (Å²) in [5.74, 6) is 1.19. The van der Waals surface area contributed by atoms with E-state index in [1.807, 2.05) is 74.6 Å². The third kappa shape index (κ3) is 5.24. The zero-order chi connectivity index (χ0) is 25.9. The molecule has 1 atom stereocenters. The average molecular weight is 501 g/mol. The average Bonchev–Trinajstić information content (AvgIpc) is 2.89. The van der Waals surface area contributed by atoms with Crippen LogP contribution in [0.1, 0.15) is 22.8 Å². The Balaban J connectivity index is 1.33. The third-order valence-electron chi connectivity index (χ3n) is 7.01. The maximum Gasteiger partial charge on any atom is 0.251 e. The molecule has 2 aliphatic rings. The molecular weight excluding hydrogens is 468 g/mol. The fraction of sp³-hybridized carbons (Fsp3) is 0.310. The molecular formula is C29H32N4O4. The van der Waals surface area contributed by atoms with Crippen molar-refractivity contribution in [3.05, 3.63) is 77.9 Å². The summed E-state index contributed by atoms with van der Waals surface area (Å²) in [4.78, 5) is 29.2. The second-order valence-electron chi connectivity index (χ2n) is 9.57. The van der Waals surface area contributed by atoms with Crippen molar-refractivity contribution in [2.45, 2.75) is 19.5 Å². The first-order chi connectivity index (χ1) is 17.9. The number of amides is 2. The second kappa shape index (κ2) is 10.5. The molecule has 1 fully saturated rings. The van der Waals surface area contributed by atoms with Crippen LogP contribution in [0, 0.1) is 5.92 Å². The number of rotatable bonds is 8. The van der Waals surface area contributed by atoms with Gasteiger partial charge in [0.1, 0.15) is 11.8 Å². The fourth-order valence-corrected chi connectivity index (χ4v) is 4.62. The van der Waals surface area contributed by atoms with E-state index in [2.05, 4.69) is 21.6 Å². The van der Waals surface area contributed by atoms with Gasteiger partial charge in [-0.15, -0.1) is 0 Å². The van der Waals surface area contributed by atoms with Crippen molar-refractivity contribution in [3.63, 3.8) is 0 Å². The predicted octanol–water partition coefficient (Wildman–Crippen LogP) is 4.19. The van der Waals surface area contributed by atoms with Crippen LogP contribution in [0.25, 0.3) is 0 Å². The molecule has 3 aromatic rings. The van der Waals surface area contributed by atoms with Gasteiger partial charge in [-0.2, -0.15) is 0 Å². The highest BCUT2D eigenvalue weighted by Gasteiger charge is 2.33. The van der Waals surface area contributed by atoms with E-state index in [4.69, 9.17) is 9.47 Å². The predicted molar refractivity (Wildman–Crippen MR) is 145 cm³/mol. The van der Waals surface area contributed by atoms with Crippen molar-refractivity contribution < 1.29 is 19.1 Å². The molecule has 0 aromatic heterocycles. The second-order valence-corrected chi connectivity index (χ2v) is 9.57. The Kier molecular flexibility index (Phi) is 7.01. The minimum Gasteiger partial charge on any atom is -0.497 e. The monoisotopic (exact) mass is 500 g/mol. The normalized spacial score (nSPS) is 17.2.